The van der Waals surface area contributed by atoms with Crippen molar-refractivity contribution in [2.24, 2.45) is 0 Å². The molecule has 0 unspecified atom stereocenters. The molecule has 124 valence electrons. The highest BCUT2D eigenvalue weighted by Crippen LogP contribution is 2.30. The summed E-state index contributed by atoms with van der Waals surface area (Å²) in [6.07, 6.45) is 8.03. The molecule has 1 aliphatic rings. The second-order valence-corrected chi connectivity index (χ2v) is 6.47. The Morgan fingerprint density at radius 1 is 0.808 bits per heavy atom. The Bertz CT molecular complexity index is 1380. The number of carbonyl (C=O) groups is 1. The van der Waals surface area contributed by atoms with Crippen molar-refractivity contribution in [1.29, 1.82) is 0 Å². The van der Waals surface area contributed by atoms with Gasteiger partial charge in [0.25, 0.3) is 0 Å². The molecule has 4 aromatic carbocycles. The quantitative estimate of drug-likeness (QED) is 0.523. The van der Waals surface area contributed by atoms with Crippen LogP contribution in [0.15, 0.2) is 66.9 Å². The van der Waals surface area contributed by atoms with Crippen LogP contribution >= 0.6 is 0 Å². The molecule has 0 aromatic heterocycles. The van der Waals surface area contributed by atoms with Crippen molar-refractivity contribution < 1.29 is 9.90 Å². The molecule has 0 radical (unpaired) electrons. The van der Waals surface area contributed by atoms with Gasteiger partial charge in [-0.2, -0.15) is 0 Å². The number of hydrogen-bond donors (Lipinski definition) is 2. The predicted molar refractivity (Wildman–Crippen MR) is 106 cm³/mol. The van der Waals surface area contributed by atoms with E-state index in [1.54, 1.807) is 12.1 Å². The fourth-order valence-electron chi connectivity index (χ4n) is 3.77. The van der Waals surface area contributed by atoms with Crippen molar-refractivity contribution in [3.8, 4) is 0 Å². The molecule has 0 saturated heterocycles. The number of nitrogens with one attached hydrogen (secondary N) is 1. The van der Waals surface area contributed by atoms with Crippen molar-refractivity contribution in [2.75, 3.05) is 0 Å². The lowest BCUT2D eigenvalue weighted by Gasteiger charge is -2.09. The van der Waals surface area contributed by atoms with Gasteiger partial charge in [-0.25, -0.2) is 4.79 Å². The van der Waals surface area contributed by atoms with Crippen LogP contribution in [-0.2, 0) is 0 Å². The molecule has 4 aromatic rings. The van der Waals surface area contributed by atoms with Crippen LogP contribution in [0.4, 0.5) is 0 Å². The van der Waals surface area contributed by atoms with E-state index < -0.39 is 5.97 Å². The lowest BCUT2D eigenvalue weighted by molar-refractivity contribution is 0.0697. The zero-order chi connectivity index (χ0) is 17.7. The fourth-order valence-corrected chi connectivity index (χ4v) is 3.77. The molecule has 0 saturated carbocycles. The Hall–Kier alpha value is -3.59. The van der Waals surface area contributed by atoms with Crippen LogP contribution in [0.3, 0.4) is 0 Å². The van der Waals surface area contributed by atoms with Crippen LogP contribution in [0.2, 0.25) is 0 Å². The van der Waals surface area contributed by atoms with Crippen LogP contribution < -0.4 is 15.8 Å². The molecule has 0 spiro atoms. The highest BCUT2D eigenvalue weighted by molar-refractivity contribution is 6.18. The van der Waals surface area contributed by atoms with Crippen molar-refractivity contribution in [3.63, 3.8) is 0 Å². The first-order valence-corrected chi connectivity index (χ1v) is 8.47. The lowest BCUT2D eigenvalue weighted by Crippen LogP contribution is -2.25. The molecular formula is C23H15NO2. The molecule has 2 N–H and O–H groups in total. The fraction of sp³-hybridized carbons (Fsp3) is 0. The maximum atomic E-state index is 11.4. The number of aromatic carboxylic acids is 1. The number of allylic oxidation sites excluding steroid dienone is 1. The summed E-state index contributed by atoms with van der Waals surface area (Å²) in [5, 5.41) is 21.4. The van der Waals surface area contributed by atoms with Gasteiger partial charge in [0, 0.05) is 12.4 Å². The van der Waals surface area contributed by atoms with Gasteiger partial charge in [-0.05, 0) is 61.0 Å². The van der Waals surface area contributed by atoms with Gasteiger partial charge >= 0.3 is 5.97 Å². The molecular weight excluding hydrogens is 322 g/mol. The van der Waals surface area contributed by atoms with Gasteiger partial charge in [0.05, 0.1) is 5.56 Å². The van der Waals surface area contributed by atoms with Crippen LogP contribution in [0.1, 0.15) is 10.4 Å². The van der Waals surface area contributed by atoms with Crippen molar-refractivity contribution >= 4 is 50.6 Å². The third-order valence-electron chi connectivity index (χ3n) is 5.03. The first-order valence-electron chi connectivity index (χ1n) is 8.47. The first kappa shape index (κ1) is 14.7. The number of benzene rings is 4. The van der Waals surface area contributed by atoms with E-state index in [1.807, 2.05) is 24.5 Å². The summed E-state index contributed by atoms with van der Waals surface area (Å²) in [5.74, 6) is -0.903. The second-order valence-electron chi connectivity index (χ2n) is 6.47. The zero-order valence-electron chi connectivity index (χ0n) is 13.9. The van der Waals surface area contributed by atoms with Gasteiger partial charge < -0.3 is 10.4 Å². The van der Waals surface area contributed by atoms with E-state index in [2.05, 4.69) is 47.8 Å². The number of carboxylic acids is 1. The van der Waals surface area contributed by atoms with Crippen molar-refractivity contribution in [3.05, 3.63) is 82.9 Å². The molecule has 26 heavy (non-hydrogen) atoms. The van der Waals surface area contributed by atoms with E-state index in [0.717, 1.165) is 26.8 Å². The second kappa shape index (κ2) is 5.46. The van der Waals surface area contributed by atoms with E-state index in [1.165, 1.54) is 16.0 Å². The third kappa shape index (κ3) is 2.11. The highest BCUT2D eigenvalue weighted by atomic mass is 16.4. The maximum absolute atomic E-state index is 11.4. The van der Waals surface area contributed by atoms with E-state index >= 15 is 0 Å². The topological polar surface area (TPSA) is 49.3 Å². The highest BCUT2D eigenvalue weighted by Gasteiger charge is 2.09. The maximum Gasteiger partial charge on any atom is 0.335 e. The third-order valence-corrected chi connectivity index (χ3v) is 5.03. The normalized spacial score (nSPS) is 12.9. The number of carboxylic acid groups (broad SMARTS) is 1. The molecule has 0 amide bonds. The summed E-state index contributed by atoms with van der Waals surface area (Å²) in [5.41, 5.74) is 0.311. The molecule has 0 fully saturated rings. The molecule has 3 heteroatoms. The Kier molecular flexibility index (Phi) is 3.09. The van der Waals surface area contributed by atoms with E-state index in [-0.39, 0.29) is 0 Å². The summed E-state index contributed by atoms with van der Waals surface area (Å²) in [6.45, 7) is 0. The van der Waals surface area contributed by atoms with E-state index in [4.69, 9.17) is 0 Å². The minimum absolute atomic E-state index is 0.311. The molecule has 1 heterocycles. The van der Waals surface area contributed by atoms with Gasteiger partial charge in [0.2, 0.25) is 0 Å². The van der Waals surface area contributed by atoms with Gasteiger partial charge in [-0.15, -0.1) is 0 Å². The van der Waals surface area contributed by atoms with Gasteiger partial charge in [0.1, 0.15) is 0 Å². The van der Waals surface area contributed by atoms with Gasteiger partial charge in [-0.1, -0.05) is 48.5 Å². The molecule has 3 nitrogen and oxygen atoms in total. The van der Waals surface area contributed by atoms with Crippen LogP contribution in [0.5, 0.6) is 0 Å². The standard InChI is InChI=1S/C23H15NO2/c25-23(26)15-4-3-14-5-7-20-19-8-6-16-13-24-11-1-2-17(16)18(19)9-10-21(20)22(14)12-15/h1-13,24H,(H,25,26). The monoisotopic (exact) mass is 337 g/mol. The SMILES string of the molecule is O=C(O)c1ccc2ccc3c4ccc5c(c4ccc3c2c1)=CC=CNC=5. The van der Waals surface area contributed by atoms with Gasteiger partial charge in [-0.3, -0.25) is 0 Å². The van der Waals surface area contributed by atoms with Crippen LogP contribution in [0, 0.1) is 0 Å². The minimum atomic E-state index is -0.903. The average molecular weight is 337 g/mol. The molecule has 1 aliphatic heterocycles. The summed E-state index contributed by atoms with van der Waals surface area (Å²) in [6, 6.07) is 18.0. The van der Waals surface area contributed by atoms with E-state index in [9.17, 15) is 9.90 Å². The Morgan fingerprint density at radius 3 is 2.38 bits per heavy atom. The summed E-state index contributed by atoms with van der Waals surface area (Å²) < 4.78 is 0. The predicted octanol–water partition coefficient (Wildman–Crippen LogP) is 3.48. The van der Waals surface area contributed by atoms with Crippen LogP contribution in [0.25, 0.3) is 44.6 Å². The van der Waals surface area contributed by atoms with Gasteiger partial charge in [0.15, 0.2) is 0 Å². The smallest absolute Gasteiger partial charge is 0.335 e. The Morgan fingerprint density at radius 2 is 1.50 bits per heavy atom. The largest absolute Gasteiger partial charge is 0.478 e. The molecule has 0 bridgehead atoms. The summed E-state index contributed by atoms with van der Waals surface area (Å²) in [7, 11) is 0. The average Bonchev–Trinajstić information content (AvgIpc) is 2.92. The molecule has 5 rings (SSSR count). The molecule has 0 aliphatic carbocycles. The number of fused-ring (bicyclic) bond motifs is 7. The first-order chi connectivity index (χ1) is 12.7. The minimum Gasteiger partial charge on any atom is -0.478 e. The van der Waals surface area contributed by atoms with E-state index in [0.29, 0.717) is 5.56 Å². The molecule has 0 atom stereocenters. The Labute approximate surface area is 149 Å². The zero-order valence-corrected chi connectivity index (χ0v) is 13.9. The number of rotatable bonds is 1. The lowest BCUT2D eigenvalue weighted by atomic mass is 9.95. The van der Waals surface area contributed by atoms with Crippen molar-refractivity contribution in [2.45, 2.75) is 0 Å². The summed E-state index contributed by atoms with van der Waals surface area (Å²) >= 11 is 0. The van der Waals surface area contributed by atoms with Crippen LogP contribution in [-0.4, -0.2) is 11.1 Å². The Balaban J connectivity index is 1.95. The number of hydrogen-bond acceptors (Lipinski definition) is 2. The summed E-state index contributed by atoms with van der Waals surface area (Å²) in [4.78, 5) is 11.4. The van der Waals surface area contributed by atoms with Crippen molar-refractivity contribution in [1.82, 2.24) is 5.32 Å².